The molecule has 0 radical (unpaired) electrons. The molecule has 2 N–H and O–H groups in total. The predicted octanol–water partition coefficient (Wildman–Crippen LogP) is 1.23. The Balaban J connectivity index is 1.68. The van der Waals surface area contributed by atoms with E-state index in [9.17, 15) is 0 Å². The van der Waals surface area contributed by atoms with Gasteiger partial charge in [-0.3, -0.25) is 9.67 Å². The van der Waals surface area contributed by atoms with Crippen LogP contribution in [0.15, 0.2) is 4.99 Å². The maximum atomic E-state index is 4.47. The zero-order valence-corrected chi connectivity index (χ0v) is 15.2. The standard InChI is InChI=1S/C17H32N6/c1-14-16(15(2)22(4)21-14)8-9-19-17(18-3)20-10-13-23-11-6-5-7-12-23/h5-13H2,1-4H3,(H2,18,19,20). The topological polar surface area (TPSA) is 57.5 Å². The van der Waals surface area contributed by atoms with E-state index in [1.54, 1.807) is 0 Å². The summed E-state index contributed by atoms with van der Waals surface area (Å²) >= 11 is 0. The minimum absolute atomic E-state index is 0.872. The molecule has 0 atom stereocenters. The Bertz CT molecular complexity index is 513. The van der Waals surface area contributed by atoms with Gasteiger partial charge in [0.2, 0.25) is 0 Å². The van der Waals surface area contributed by atoms with Gasteiger partial charge in [0.1, 0.15) is 0 Å². The fourth-order valence-electron chi connectivity index (χ4n) is 3.22. The van der Waals surface area contributed by atoms with Crippen molar-refractivity contribution in [2.24, 2.45) is 12.0 Å². The van der Waals surface area contributed by atoms with E-state index < -0.39 is 0 Å². The Kier molecular flexibility index (Phi) is 6.89. The summed E-state index contributed by atoms with van der Waals surface area (Å²) < 4.78 is 1.95. The van der Waals surface area contributed by atoms with Gasteiger partial charge >= 0.3 is 0 Å². The van der Waals surface area contributed by atoms with E-state index in [4.69, 9.17) is 0 Å². The molecule has 0 spiro atoms. The van der Waals surface area contributed by atoms with Crippen molar-refractivity contribution in [2.75, 3.05) is 39.8 Å². The summed E-state index contributed by atoms with van der Waals surface area (Å²) in [5.41, 5.74) is 3.71. The molecule has 0 bridgehead atoms. The van der Waals surface area contributed by atoms with E-state index in [-0.39, 0.29) is 0 Å². The fraction of sp³-hybridized carbons (Fsp3) is 0.765. The van der Waals surface area contributed by atoms with Gasteiger partial charge in [-0.1, -0.05) is 6.42 Å². The monoisotopic (exact) mass is 320 g/mol. The molecule has 23 heavy (non-hydrogen) atoms. The Hall–Kier alpha value is -1.56. The number of rotatable bonds is 6. The third kappa shape index (κ3) is 5.23. The number of piperidine rings is 1. The van der Waals surface area contributed by atoms with E-state index in [2.05, 4.69) is 39.5 Å². The highest BCUT2D eigenvalue weighted by Gasteiger charge is 2.10. The largest absolute Gasteiger partial charge is 0.356 e. The Morgan fingerprint density at radius 3 is 2.43 bits per heavy atom. The molecule has 130 valence electrons. The first-order valence-electron chi connectivity index (χ1n) is 8.77. The summed E-state index contributed by atoms with van der Waals surface area (Å²) in [6.45, 7) is 9.61. The van der Waals surface area contributed by atoms with Crippen LogP contribution in [0.3, 0.4) is 0 Å². The second-order valence-corrected chi connectivity index (χ2v) is 6.35. The van der Waals surface area contributed by atoms with Crippen molar-refractivity contribution in [3.8, 4) is 0 Å². The number of aromatic nitrogens is 2. The molecule has 1 aliphatic rings. The molecule has 1 fully saturated rings. The molecule has 2 heterocycles. The van der Waals surface area contributed by atoms with Crippen molar-refractivity contribution in [2.45, 2.75) is 39.5 Å². The van der Waals surface area contributed by atoms with Crippen LogP contribution in [0.5, 0.6) is 0 Å². The van der Waals surface area contributed by atoms with E-state index in [1.807, 2.05) is 18.8 Å². The van der Waals surface area contributed by atoms with Gasteiger partial charge in [0.05, 0.1) is 5.69 Å². The summed E-state index contributed by atoms with van der Waals surface area (Å²) in [5.74, 6) is 0.890. The Morgan fingerprint density at radius 1 is 1.13 bits per heavy atom. The summed E-state index contributed by atoms with van der Waals surface area (Å²) in [4.78, 5) is 6.84. The molecule has 6 heteroatoms. The van der Waals surface area contributed by atoms with Crippen molar-refractivity contribution in [1.82, 2.24) is 25.3 Å². The average molecular weight is 320 g/mol. The Morgan fingerprint density at radius 2 is 1.83 bits per heavy atom. The Labute approximate surface area is 140 Å². The van der Waals surface area contributed by atoms with E-state index >= 15 is 0 Å². The summed E-state index contributed by atoms with van der Waals surface area (Å²) in [6, 6.07) is 0. The SMILES string of the molecule is CN=C(NCCc1c(C)nn(C)c1C)NCCN1CCCCC1. The molecular weight excluding hydrogens is 288 g/mol. The van der Waals surface area contributed by atoms with Gasteiger partial charge < -0.3 is 15.5 Å². The first kappa shape index (κ1) is 17.8. The van der Waals surface area contributed by atoms with Crippen LogP contribution in [0.2, 0.25) is 0 Å². The number of likely N-dealkylation sites (tertiary alicyclic amines) is 1. The van der Waals surface area contributed by atoms with Crippen molar-refractivity contribution >= 4 is 5.96 Å². The van der Waals surface area contributed by atoms with Crippen LogP contribution in [0.25, 0.3) is 0 Å². The third-order valence-electron chi connectivity index (χ3n) is 4.72. The normalized spacial score (nSPS) is 16.6. The zero-order valence-electron chi connectivity index (χ0n) is 15.2. The maximum absolute atomic E-state index is 4.47. The highest BCUT2D eigenvalue weighted by molar-refractivity contribution is 5.79. The van der Waals surface area contributed by atoms with Gasteiger partial charge in [-0.05, 0) is 51.8 Å². The lowest BCUT2D eigenvalue weighted by molar-refractivity contribution is 0.232. The van der Waals surface area contributed by atoms with Crippen LogP contribution >= 0.6 is 0 Å². The van der Waals surface area contributed by atoms with Gasteiger partial charge in [0.15, 0.2) is 5.96 Å². The molecule has 6 nitrogen and oxygen atoms in total. The van der Waals surface area contributed by atoms with Gasteiger partial charge in [0.25, 0.3) is 0 Å². The molecule has 2 rings (SSSR count). The second-order valence-electron chi connectivity index (χ2n) is 6.35. The number of nitrogens with zero attached hydrogens (tertiary/aromatic N) is 4. The minimum Gasteiger partial charge on any atom is -0.356 e. The van der Waals surface area contributed by atoms with Gasteiger partial charge in [0, 0.05) is 39.4 Å². The third-order valence-corrected chi connectivity index (χ3v) is 4.72. The molecule has 0 saturated carbocycles. The van der Waals surface area contributed by atoms with Crippen LogP contribution < -0.4 is 10.6 Å². The van der Waals surface area contributed by atoms with Crippen LogP contribution in [0.4, 0.5) is 0 Å². The van der Waals surface area contributed by atoms with Crippen LogP contribution in [-0.4, -0.2) is 60.4 Å². The van der Waals surface area contributed by atoms with Crippen LogP contribution in [0.1, 0.15) is 36.2 Å². The van der Waals surface area contributed by atoms with Crippen molar-refractivity contribution in [1.29, 1.82) is 0 Å². The zero-order chi connectivity index (χ0) is 16.7. The van der Waals surface area contributed by atoms with Crippen molar-refractivity contribution < 1.29 is 0 Å². The highest BCUT2D eigenvalue weighted by atomic mass is 15.3. The lowest BCUT2D eigenvalue weighted by Crippen LogP contribution is -2.43. The number of nitrogens with one attached hydrogen (secondary N) is 2. The van der Waals surface area contributed by atoms with Gasteiger partial charge in [-0.2, -0.15) is 5.10 Å². The van der Waals surface area contributed by atoms with E-state index in [0.717, 1.165) is 37.7 Å². The number of guanidine groups is 1. The van der Waals surface area contributed by atoms with Gasteiger partial charge in [-0.15, -0.1) is 0 Å². The molecule has 0 amide bonds. The number of aryl methyl sites for hydroxylation is 2. The molecular formula is C17H32N6. The van der Waals surface area contributed by atoms with Crippen molar-refractivity contribution in [3.05, 3.63) is 17.0 Å². The summed E-state index contributed by atoms with van der Waals surface area (Å²) in [5, 5.41) is 11.3. The lowest BCUT2D eigenvalue weighted by Gasteiger charge is -2.26. The quantitative estimate of drug-likeness (QED) is 0.611. The second kappa shape index (κ2) is 8.91. The molecule has 1 aromatic heterocycles. The van der Waals surface area contributed by atoms with Crippen LogP contribution in [-0.2, 0) is 13.5 Å². The first-order valence-corrected chi connectivity index (χ1v) is 8.77. The summed E-state index contributed by atoms with van der Waals surface area (Å²) in [6.07, 6.45) is 5.05. The molecule has 0 unspecified atom stereocenters. The molecule has 1 aliphatic heterocycles. The number of hydrogen-bond acceptors (Lipinski definition) is 3. The lowest BCUT2D eigenvalue weighted by atomic mass is 10.1. The first-order chi connectivity index (χ1) is 11.1. The van der Waals surface area contributed by atoms with E-state index in [1.165, 1.54) is 43.6 Å². The molecule has 1 saturated heterocycles. The molecule has 0 aliphatic carbocycles. The van der Waals surface area contributed by atoms with Crippen molar-refractivity contribution in [3.63, 3.8) is 0 Å². The molecule has 0 aromatic carbocycles. The maximum Gasteiger partial charge on any atom is 0.191 e. The number of aliphatic imine (C=N–C) groups is 1. The van der Waals surface area contributed by atoms with Gasteiger partial charge in [-0.25, -0.2) is 0 Å². The highest BCUT2D eigenvalue weighted by Crippen LogP contribution is 2.11. The number of hydrogen-bond donors (Lipinski definition) is 2. The minimum atomic E-state index is 0.872. The smallest absolute Gasteiger partial charge is 0.191 e. The molecule has 1 aromatic rings. The van der Waals surface area contributed by atoms with Crippen LogP contribution in [0, 0.1) is 13.8 Å². The predicted molar refractivity (Wildman–Crippen MR) is 96.0 cm³/mol. The summed E-state index contributed by atoms with van der Waals surface area (Å²) in [7, 11) is 3.83. The fourth-order valence-corrected chi connectivity index (χ4v) is 3.22. The van der Waals surface area contributed by atoms with E-state index in [0.29, 0.717) is 0 Å². The average Bonchev–Trinajstić information content (AvgIpc) is 2.80.